The molecular weight excluding hydrogens is 335 g/mol. The van der Waals surface area contributed by atoms with Crippen LogP contribution < -0.4 is 0 Å². The van der Waals surface area contributed by atoms with Crippen LogP contribution in [0.3, 0.4) is 0 Å². The van der Waals surface area contributed by atoms with Gasteiger partial charge in [-0.25, -0.2) is 0 Å². The Labute approximate surface area is 142 Å². The minimum absolute atomic E-state index is 0.0781. The molecule has 3 aromatic rings. The second-order valence-corrected chi connectivity index (χ2v) is 5.96. The number of aromatic hydroxyl groups is 1. The number of hydrogen-bond donors (Lipinski definition) is 1. The predicted octanol–water partition coefficient (Wildman–Crippen LogP) is 5.65. The van der Waals surface area contributed by atoms with Gasteiger partial charge in [0, 0.05) is 10.0 Å². The fraction of sp³-hybridized carbons (Fsp3) is 0.0556. The summed E-state index contributed by atoms with van der Waals surface area (Å²) in [6.07, 6.45) is 4.50. The van der Waals surface area contributed by atoms with Crippen LogP contribution in [0.25, 0.3) is 17.0 Å². The maximum atomic E-state index is 12.3. The zero-order valence-electron chi connectivity index (χ0n) is 12.1. The number of aryl methyl sites for hydroxylation is 1. The van der Waals surface area contributed by atoms with Crippen LogP contribution in [0, 0.1) is 6.92 Å². The Morgan fingerprint density at radius 1 is 1.22 bits per heavy atom. The maximum Gasteiger partial charge on any atom is 0.189 e. The summed E-state index contributed by atoms with van der Waals surface area (Å²) in [6, 6.07) is 8.22. The minimum atomic E-state index is -0.323. The maximum absolute atomic E-state index is 12.3. The molecule has 0 atom stereocenters. The highest BCUT2D eigenvalue weighted by Crippen LogP contribution is 2.33. The molecule has 0 bridgehead atoms. The Bertz CT molecular complexity index is 939. The highest BCUT2D eigenvalue weighted by Gasteiger charge is 2.15. The summed E-state index contributed by atoms with van der Waals surface area (Å²) in [6.45, 7) is 1.81. The van der Waals surface area contributed by atoms with Gasteiger partial charge in [-0.05, 0) is 54.5 Å². The molecule has 0 amide bonds. The van der Waals surface area contributed by atoms with Crippen molar-refractivity contribution in [2.45, 2.75) is 6.92 Å². The van der Waals surface area contributed by atoms with Gasteiger partial charge in [-0.1, -0.05) is 29.3 Å². The first-order valence-electron chi connectivity index (χ1n) is 6.84. The Kier molecular flexibility index (Phi) is 4.16. The fourth-order valence-corrected chi connectivity index (χ4v) is 2.82. The molecule has 0 unspecified atom stereocenters. The molecule has 116 valence electrons. The van der Waals surface area contributed by atoms with E-state index >= 15 is 0 Å². The van der Waals surface area contributed by atoms with Crippen LogP contribution in [-0.4, -0.2) is 10.9 Å². The summed E-state index contributed by atoms with van der Waals surface area (Å²) < 4.78 is 5.30. The van der Waals surface area contributed by atoms with Crippen molar-refractivity contribution in [2.75, 3.05) is 0 Å². The first kappa shape index (κ1) is 15.7. The Morgan fingerprint density at radius 2 is 2.00 bits per heavy atom. The summed E-state index contributed by atoms with van der Waals surface area (Å²) in [5, 5.41) is 11.8. The van der Waals surface area contributed by atoms with Crippen LogP contribution in [0.5, 0.6) is 5.75 Å². The van der Waals surface area contributed by atoms with Gasteiger partial charge in [-0.3, -0.25) is 4.79 Å². The van der Waals surface area contributed by atoms with Crippen LogP contribution in [0.2, 0.25) is 10.0 Å². The van der Waals surface area contributed by atoms with Crippen molar-refractivity contribution in [1.29, 1.82) is 0 Å². The average Bonchev–Trinajstić information content (AvgIpc) is 2.88. The molecule has 1 heterocycles. The monoisotopic (exact) mass is 346 g/mol. The molecular formula is C18H12Cl2O3. The molecule has 1 aromatic heterocycles. The lowest BCUT2D eigenvalue weighted by Gasteiger charge is -2.03. The van der Waals surface area contributed by atoms with Crippen molar-refractivity contribution in [3.63, 3.8) is 0 Å². The van der Waals surface area contributed by atoms with E-state index in [2.05, 4.69) is 0 Å². The predicted molar refractivity (Wildman–Crippen MR) is 92.4 cm³/mol. The third-order valence-corrected chi connectivity index (χ3v) is 4.10. The molecule has 0 fully saturated rings. The van der Waals surface area contributed by atoms with E-state index in [1.54, 1.807) is 36.6 Å². The molecule has 0 saturated heterocycles. The molecule has 0 spiro atoms. The standard InChI is InChI=1S/C18H12Cl2O3/c1-10-9-23-16-7-5-13(18(22)17(10)16)15(21)6-3-11-2-4-12(19)8-14(11)20/h2-9,22H,1H3/b6-3+. The number of rotatable bonds is 3. The second kappa shape index (κ2) is 6.11. The van der Waals surface area contributed by atoms with E-state index < -0.39 is 0 Å². The molecule has 0 radical (unpaired) electrons. The number of carbonyl (C=O) groups excluding carboxylic acids is 1. The van der Waals surface area contributed by atoms with Gasteiger partial charge in [0.15, 0.2) is 5.78 Å². The summed E-state index contributed by atoms with van der Waals surface area (Å²) in [4.78, 5) is 12.3. The Morgan fingerprint density at radius 3 is 2.74 bits per heavy atom. The third-order valence-electron chi connectivity index (χ3n) is 3.54. The van der Waals surface area contributed by atoms with Gasteiger partial charge < -0.3 is 9.52 Å². The van der Waals surface area contributed by atoms with E-state index in [-0.39, 0.29) is 17.1 Å². The van der Waals surface area contributed by atoms with Gasteiger partial charge >= 0.3 is 0 Å². The van der Waals surface area contributed by atoms with Crippen LogP contribution in [0.1, 0.15) is 21.5 Å². The van der Waals surface area contributed by atoms with Crippen molar-refractivity contribution >= 4 is 46.0 Å². The lowest BCUT2D eigenvalue weighted by atomic mass is 10.0. The summed E-state index contributed by atoms with van der Waals surface area (Å²) >= 11 is 11.9. The average molecular weight is 347 g/mol. The molecule has 1 N–H and O–H groups in total. The second-order valence-electron chi connectivity index (χ2n) is 5.12. The lowest BCUT2D eigenvalue weighted by Crippen LogP contribution is -1.95. The lowest BCUT2D eigenvalue weighted by molar-refractivity contribution is 0.104. The molecule has 2 aromatic carbocycles. The number of furan rings is 1. The SMILES string of the molecule is Cc1coc2ccc(C(=O)/C=C/c3ccc(Cl)cc3Cl)c(O)c12. The molecule has 0 aliphatic rings. The fourth-order valence-electron chi connectivity index (χ4n) is 2.35. The largest absolute Gasteiger partial charge is 0.506 e. The number of halogens is 2. The van der Waals surface area contributed by atoms with E-state index in [0.29, 0.717) is 26.6 Å². The zero-order valence-corrected chi connectivity index (χ0v) is 13.7. The minimum Gasteiger partial charge on any atom is -0.506 e. The van der Waals surface area contributed by atoms with E-state index in [1.807, 2.05) is 6.92 Å². The number of ketones is 1. The van der Waals surface area contributed by atoms with Crippen molar-refractivity contribution in [3.8, 4) is 5.75 Å². The van der Waals surface area contributed by atoms with Crippen molar-refractivity contribution < 1.29 is 14.3 Å². The van der Waals surface area contributed by atoms with Crippen LogP contribution >= 0.6 is 23.2 Å². The van der Waals surface area contributed by atoms with Crippen molar-refractivity contribution in [3.05, 3.63) is 69.4 Å². The topological polar surface area (TPSA) is 50.4 Å². The number of hydrogen-bond acceptors (Lipinski definition) is 3. The van der Waals surface area contributed by atoms with Crippen molar-refractivity contribution in [2.24, 2.45) is 0 Å². The Balaban J connectivity index is 1.96. The first-order valence-corrected chi connectivity index (χ1v) is 7.60. The quantitative estimate of drug-likeness (QED) is 0.492. The van der Waals surface area contributed by atoms with Gasteiger partial charge in [0.05, 0.1) is 17.2 Å². The molecule has 23 heavy (non-hydrogen) atoms. The van der Waals surface area contributed by atoms with Crippen LogP contribution in [0.4, 0.5) is 0 Å². The number of fused-ring (bicyclic) bond motifs is 1. The number of allylic oxidation sites excluding steroid dienone is 1. The van der Waals surface area contributed by atoms with Crippen LogP contribution in [-0.2, 0) is 0 Å². The van der Waals surface area contributed by atoms with Crippen molar-refractivity contribution in [1.82, 2.24) is 0 Å². The highest BCUT2D eigenvalue weighted by molar-refractivity contribution is 6.35. The summed E-state index contributed by atoms with van der Waals surface area (Å²) in [7, 11) is 0. The van der Waals surface area contributed by atoms with Gasteiger partial charge in [0.1, 0.15) is 11.3 Å². The zero-order chi connectivity index (χ0) is 16.6. The van der Waals surface area contributed by atoms with Gasteiger partial charge in [-0.15, -0.1) is 0 Å². The molecule has 0 aliphatic carbocycles. The van der Waals surface area contributed by atoms with E-state index in [4.69, 9.17) is 27.6 Å². The van der Waals surface area contributed by atoms with Gasteiger partial charge in [0.2, 0.25) is 0 Å². The molecule has 0 saturated carbocycles. The number of benzene rings is 2. The third kappa shape index (κ3) is 2.98. The van der Waals surface area contributed by atoms with Gasteiger partial charge in [-0.2, -0.15) is 0 Å². The van der Waals surface area contributed by atoms with Gasteiger partial charge in [0.25, 0.3) is 0 Å². The first-order chi connectivity index (χ1) is 11.0. The molecule has 3 nitrogen and oxygen atoms in total. The Hall–Kier alpha value is -2.23. The molecule has 0 aliphatic heterocycles. The summed E-state index contributed by atoms with van der Waals surface area (Å²) in [5.74, 6) is -0.401. The molecule has 3 rings (SSSR count). The number of phenols is 1. The highest BCUT2D eigenvalue weighted by atomic mass is 35.5. The van der Waals surface area contributed by atoms with E-state index in [9.17, 15) is 9.90 Å². The van der Waals surface area contributed by atoms with E-state index in [0.717, 1.165) is 5.56 Å². The smallest absolute Gasteiger partial charge is 0.189 e. The molecule has 5 heteroatoms. The van der Waals surface area contributed by atoms with Crippen LogP contribution in [0.15, 0.2) is 47.1 Å². The number of phenolic OH excluding ortho intramolecular Hbond substituents is 1. The normalized spacial score (nSPS) is 11.4. The number of carbonyl (C=O) groups is 1. The summed E-state index contributed by atoms with van der Waals surface area (Å²) in [5.41, 5.74) is 2.20. The van der Waals surface area contributed by atoms with E-state index in [1.165, 1.54) is 12.1 Å².